The SMILES string of the molecule is CNCCCCCCNC(=O)c1cc(C(=O)NCCCCCCNC(=O)c2cc(C=O)c(OCCC(C)C)cc2OCCC(C)C)c(OCCCCCN)cc1OCCCCCN. The number of carbonyl (C=O) groups is 4. The van der Waals surface area contributed by atoms with Crippen molar-refractivity contribution in [2.45, 2.75) is 130 Å². The maximum Gasteiger partial charge on any atom is 0.255 e. The predicted molar refractivity (Wildman–Crippen MR) is 253 cm³/mol. The average Bonchev–Trinajstić information content (AvgIpc) is 3.26. The molecule has 0 saturated heterocycles. The van der Waals surface area contributed by atoms with E-state index in [9.17, 15) is 19.2 Å². The molecular formula is C49H82N6O8. The summed E-state index contributed by atoms with van der Waals surface area (Å²) < 4.78 is 24.3. The number of benzene rings is 2. The third-order valence-corrected chi connectivity index (χ3v) is 10.5. The third kappa shape index (κ3) is 23.2. The number of hydrogen-bond donors (Lipinski definition) is 6. The molecule has 63 heavy (non-hydrogen) atoms. The van der Waals surface area contributed by atoms with Crippen LogP contribution in [0.2, 0.25) is 0 Å². The minimum atomic E-state index is -0.329. The van der Waals surface area contributed by atoms with E-state index in [2.05, 4.69) is 49.0 Å². The van der Waals surface area contributed by atoms with Gasteiger partial charge in [-0.25, -0.2) is 0 Å². The van der Waals surface area contributed by atoms with Gasteiger partial charge < -0.3 is 51.7 Å². The third-order valence-electron chi connectivity index (χ3n) is 10.5. The van der Waals surface area contributed by atoms with Gasteiger partial charge in [-0.05, 0) is 128 Å². The molecule has 0 aliphatic carbocycles. The van der Waals surface area contributed by atoms with Crippen molar-refractivity contribution in [1.82, 2.24) is 21.3 Å². The van der Waals surface area contributed by atoms with Crippen molar-refractivity contribution >= 4 is 24.0 Å². The van der Waals surface area contributed by atoms with Crippen molar-refractivity contribution in [3.8, 4) is 23.0 Å². The standard InChI is InChI=1S/C49H82N6O8/c1-37(2)20-30-62-43-34-44(63-31-21-38(3)4)40(32-39(43)36-56)47(57)53-25-16-8-9-17-27-55-49(59)42-33-41(48(58)54-26-15-7-6-14-24-52-5)45(60-28-18-10-12-22-50)35-46(42)61-29-19-11-13-23-51/h32-38,52H,6-31,50-51H2,1-5H3,(H,53,57)(H,54,58)(H,55,59). The molecule has 2 aromatic rings. The normalized spacial score (nSPS) is 11.1. The molecule has 0 atom stereocenters. The smallest absolute Gasteiger partial charge is 0.255 e. The number of ether oxygens (including phenoxy) is 4. The first-order valence-corrected chi connectivity index (χ1v) is 23.8. The van der Waals surface area contributed by atoms with Crippen molar-refractivity contribution < 1.29 is 38.1 Å². The Morgan fingerprint density at radius 3 is 1.25 bits per heavy atom. The van der Waals surface area contributed by atoms with Gasteiger partial charge in [0.15, 0.2) is 6.29 Å². The molecule has 2 rings (SSSR count). The van der Waals surface area contributed by atoms with Crippen LogP contribution in [0.5, 0.6) is 23.0 Å². The van der Waals surface area contributed by atoms with E-state index in [4.69, 9.17) is 30.4 Å². The minimum absolute atomic E-state index is 0.282. The first kappa shape index (κ1) is 54.7. The monoisotopic (exact) mass is 883 g/mol. The lowest BCUT2D eigenvalue weighted by Gasteiger charge is -2.18. The molecule has 8 N–H and O–H groups in total. The number of hydrogen-bond acceptors (Lipinski definition) is 11. The van der Waals surface area contributed by atoms with E-state index in [-0.39, 0.29) is 23.3 Å². The van der Waals surface area contributed by atoms with Crippen LogP contribution in [0, 0.1) is 11.8 Å². The lowest BCUT2D eigenvalue weighted by molar-refractivity contribution is 0.0934. The summed E-state index contributed by atoms with van der Waals surface area (Å²) in [5.41, 5.74) is 12.6. The molecule has 0 fully saturated rings. The maximum atomic E-state index is 13.7. The first-order valence-electron chi connectivity index (χ1n) is 23.8. The van der Waals surface area contributed by atoms with Crippen LogP contribution in [-0.2, 0) is 0 Å². The highest BCUT2D eigenvalue weighted by Gasteiger charge is 2.22. The molecule has 0 saturated carbocycles. The molecule has 0 bridgehead atoms. The number of aldehydes is 1. The van der Waals surface area contributed by atoms with Crippen LogP contribution in [-0.4, -0.2) is 96.8 Å². The Hall–Kier alpha value is -4.40. The number of unbranched alkanes of at least 4 members (excludes halogenated alkanes) is 10. The van der Waals surface area contributed by atoms with Gasteiger partial charge in [0.05, 0.1) is 48.7 Å². The van der Waals surface area contributed by atoms with E-state index in [1.807, 2.05) is 7.05 Å². The number of nitrogens with two attached hydrogens (primary N) is 2. The van der Waals surface area contributed by atoms with Crippen molar-refractivity contribution in [3.05, 3.63) is 46.5 Å². The first-order chi connectivity index (χ1) is 30.6. The lowest BCUT2D eigenvalue weighted by atomic mass is 10.1. The summed E-state index contributed by atoms with van der Waals surface area (Å²) in [5, 5.41) is 12.2. The van der Waals surface area contributed by atoms with Crippen LogP contribution >= 0.6 is 0 Å². The molecule has 14 nitrogen and oxygen atoms in total. The molecule has 0 aromatic heterocycles. The van der Waals surface area contributed by atoms with E-state index in [1.165, 1.54) is 0 Å². The van der Waals surface area contributed by atoms with Gasteiger partial charge in [0, 0.05) is 31.8 Å². The largest absolute Gasteiger partial charge is 0.493 e. The fourth-order valence-corrected chi connectivity index (χ4v) is 6.54. The van der Waals surface area contributed by atoms with Crippen LogP contribution in [0.15, 0.2) is 24.3 Å². The second-order valence-corrected chi connectivity index (χ2v) is 17.0. The number of nitrogens with one attached hydrogen (secondary N) is 4. The van der Waals surface area contributed by atoms with Gasteiger partial charge in [0.1, 0.15) is 23.0 Å². The van der Waals surface area contributed by atoms with Crippen LogP contribution in [0.4, 0.5) is 0 Å². The summed E-state index contributed by atoms with van der Waals surface area (Å²) in [6, 6.07) is 6.48. The van der Waals surface area contributed by atoms with E-state index >= 15 is 0 Å². The van der Waals surface area contributed by atoms with E-state index < -0.39 is 0 Å². The van der Waals surface area contributed by atoms with Gasteiger partial charge in [0.25, 0.3) is 17.7 Å². The molecule has 0 aliphatic heterocycles. The fraction of sp³-hybridized carbons (Fsp3) is 0.673. The van der Waals surface area contributed by atoms with Crippen LogP contribution in [0.25, 0.3) is 0 Å². The van der Waals surface area contributed by atoms with Crippen molar-refractivity contribution in [2.75, 3.05) is 72.7 Å². The van der Waals surface area contributed by atoms with Crippen LogP contribution < -0.4 is 51.7 Å². The molecule has 0 spiro atoms. The maximum absolute atomic E-state index is 13.7. The van der Waals surface area contributed by atoms with Gasteiger partial charge in [-0.1, -0.05) is 53.4 Å². The Morgan fingerprint density at radius 2 is 0.857 bits per heavy atom. The van der Waals surface area contributed by atoms with E-state index in [0.717, 1.165) is 109 Å². The Balaban J connectivity index is 2.06. The zero-order valence-electron chi connectivity index (χ0n) is 39.3. The molecular weight excluding hydrogens is 801 g/mol. The predicted octanol–water partition coefficient (Wildman–Crippen LogP) is 7.59. The zero-order valence-corrected chi connectivity index (χ0v) is 39.3. The Bertz CT molecular complexity index is 1600. The summed E-state index contributed by atoms with van der Waals surface area (Å²) in [6.07, 6.45) is 14.6. The Labute approximate surface area is 378 Å². The summed E-state index contributed by atoms with van der Waals surface area (Å²) in [4.78, 5) is 52.7. The molecule has 0 unspecified atom stereocenters. The van der Waals surface area contributed by atoms with Gasteiger partial charge in [-0.2, -0.15) is 0 Å². The Morgan fingerprint density at radius 1 is 0.492 bits per heavy atom. The molecule has 0 radical (unpaired) electrons. The second kappa shape index (κ2) is 34.1. The summed E-state index contributed by atoms with van der Waals surface area (Å²) in [6.45, 7) is 13.7. The van der Waals surface area contributed by atoms with E-state index in [0.29, 0.717) is 117 Å². The van der Waals surface area contributed by atoms with Gasteiger partial charge >= 0.3 is 0 Å². The summed E-state index contributed by atoms with van der Waals surface area (Å²) >= 11 is 0. The highest BCUT2D eigenvalue weighted by Crippen LogP contribution is 2.32. The number of amides is 3. The minimum Gasteiger partial charge on any atom is -0.493 e. The van der Waals surface area contributed by atoms with Crippen molar-refractivity contribution in [3.63, 3.8) is 0 Å². The quantitative estimate of drug-likeness (QED) is 0.0286. The second-order valence-electron chi connectivity index (χ2n) is 17.0. The van der Waals surface area contributed by atoms with Crippen LogP contribution in [0.1, 0.15) is 172 Å². The fourth-order valence-electron chi connectivity index (χ4n) is 6.54. The molecule has 2 aromatic carbocycles. The average molecular weight is 883 g/mol. The van der Waals surface area contributed by atoms with Crippen molar-refractivity contribution in [2.24, 2.45) is 23.3 Å². The van der Waals surface area contributed by atoms with Gasteiger partial charge in [-0.15, -0.1) is 0 Å². The molecule has 356 valence electrons. The van der Waals surface area contributed by atoms with E-state index in [1.54, 1.807) is 24.3 Å². The molecule has 14 heteroatoms. The highest BCUT2D eigenvalue weighted by atomic mass is 16.5. The lowest BCUT2D eigenvalue weighted by Crippen LogP contribution is -2.28. The number of carbonyl (C=O) groups excluding carboxylic acids is 4. The summed E-state index contributed by atoms with van der Waals surface area (Å²) in [7, 11) is 1.94. The Kier molecular flexibility index (Phi) is 29.6. The number of rotatable bonds is 38. The van der Waals surface area contributed by atoms with Crippen molar-refractivity contribution in [1.29, 1.82) is 0 Å². The zero-order chi connectivity index (χ0) is 46.1. The van der Waals surface area contributed by atoms with Gasteiger partial charge in [-0.3, -0.25) is 19.2 Å². The molecule has 0 aliphatic rings. The molecule has 3 amide bonds. The topological polar surface area (TPSA) is 205 Å². The summed E-state index contributed by atoms with van der Waals surface area (Å²) in [5.74, 6) is 1.51. The van der Waals surface area contributed by atoms with Gasteiger partial charge in [0.2, 0.25) is 0 Å². The van der Waals surface area contributed by atoms with Crippen LogP contribution in [0.3, 0.4) is 0 Å². The highest BCUT2D eigenvalue weighted by molar-refractivity contribution is 6.03. The molecule has 0 heterocycles.